The van der Waals surface area contributed by atoms with E-state index >= 15 is 0 Å². The van der Waals surface area contributed by atoms with Crippen molar-refractivity contribution in [2.45, 2.75) is 31.6 Å². The minimum Gasteiger partial charge on any atom is -0.364 e. The second kappa shape index (κ2) is 3.56. The molecule has 2 aliphatic rings. The molecule has 0 saturated carbocycles. The van der Waals surface area contributed by atoms with Gasteiger partial charge in [0.1, 0.15) is 11.9 Å². The smallest absolute Gasteiger partial charge is 0.159 e. The Morgan fingerprint density at radius 2 is 2.22 bits per heavy atom. The topological polar surface area (TPSA) is 48.4 Å². The van der Waals surface area contributed by atoms with E-state index in [4.69, 9.17) is 10.00 Å². The molecule has 0 aromatic heterocycles. The van der Waals surface area contributed by atoms with Crippen LogP contribution in [0.15, 0.2) is 18.3 Å². The van der Waals surface area contributed by atoms with Crippen molar-refractivity contribution in [3.63, 3.8) is 0 Å². The van der Waals surface area contributed by atoms with Crippen molar-refractivity contribution in [1.29, 1.82) is 5.26 Å². The van der Waals surface area contributed by atoms with Crippen LogP contribution in [0.2, 0.25) is 0 Å². The molecule has 0 amide bonds. The minimum atomic E-state index is -0.701. The lowest BCUT2D eigenvalue weighted by atomic mass is 9.84. The molecule has 0 bridgehead atoms. The first-order chi connectivity index (χ1) is 8.53. The molecule has 2 unspecified atom stereocenters. The molecule has 0 radical (unpaired) electrons. The zero-order chi connectivity index (χ0) is 12.9. The maximum absolute atomic E-state index is 14.2. The molecule has 1 fully saturated rings. The Morgan fingerprint density at radius 3 is 2.94 bits per heavy atom. The zero-order valence-electron chi connectivity index (χ0n) is 10.2. The van der Waals surface area contributed by atoms with Gasteiger partial charge in [-0.1, -0.05) is 0 Å². The highest BCUT2D eigenvalue weighted by atomic mass is 19.1. The summed E-state index contributed by atoms with van der Waals surface area (Å²) in [6.07, 6.45) is 3.25. The normalized spacial score (nSPS) is 24.3. The number of fused-ring (bicyclic) bond motifs is 3. The third kappa shape index (κ3) is 1.59. The van der Waals surface area contributed by atoms with Crippen LogP contribution >= 0.6 is 0 Å². The van der Waals surface area contributed by atoms with E-state index in [0.717, 1.165) is 5.56 Å². The van der Waals surface area contributed by atoms with E-state index in [1.807, 2.05) is 12.1 Å². The molecule has 2 aliphatic heterocycles. The molecular weight excluding hydrogens is 231 g/mol. The number of benzene rings is 1. The first-order valence-corrected chi connectivity index (χ1v) is 5.86. The maximum Gasteiger partial charge on any atom is 0.159 e. The van der Waals surface area contributed by atoms with Crippen molar-refractivity contribution in [1.82, 2.24) is 5.32 Å². The molecule has 3 nitrogen and oxygen atoms in total. The summed E-state index contributed by atoms with van der Waals surface area (Å²) in [5.41, 5.74) is 1.35. The van der Waals surface area contributed by atoms with Crippen molar-refractivity contribution >= 4 is 6.08 Å². The summed E-state index contributed by atoms with van der Waals surface area (Å²) >= 11 is 0. The van der Waals surface area contributed by atoms with Gasteiger partial charge in [-0.05, 0) is 49.4 Å². The van der Waals surface area contributed by atoms with Crippen LogP contribution in [-0.2, 0) is 10.2 Å². The van der Waals surface area contributed by atoms with Crippen LogP contribution < -0.4 is 5.32 Å². The molecular formula is C14H13FN2O. The zero-order valence-corrected chi connectivity index (χ0v) is 10.2. The Kier molecular flexibility index (Phi) is 2.23. The van der Waals surface area contributed by atoms with Crippen molar-refractivity contribution in [2.75, 3.05) is 0 Å². The van der Waals surface area contributed by atoms with Crippen LogP contribution in [0.4, 0.5) is 4.39 Å². The Labute approximate surface area is 105 Å². The monoisotopic (exact) mass is 244 g/mol. The first kappa shape index (κ1) is 11.2. The van der Waals surface area contributed by atoms with E-state index in [9.17, 15) is 4.39 Å². The SMILES string of the molecule is CC(C)(C#N)c1cc(F)c2c(c1)C=CNC1OC21. The van der Waals surface area contributed by atoms with Crippen LogP contribution in [0.3, 0.4) is 0 Å². The lowest BCUT2D eigenvalue weighted by Crippen LogP contribution is -2.15. The van der Waals surface area contributed by atoms with Crippen LogP contribution in [0.5, 0.6) is 0 Å². The van der Waals surface area contributed by atoms with Gasteiger partial charge >= 0.3 is 0 Å². The highest BCUT2D eigenvalue weighted by Crippen LogP contribution is 2.43. The van der Waals surface area contributed by atoms with Crippen LogP contribution in [0.25, 0.3) is 6.08 Å². The Bertz CT molecular complexity index is 586. The van der Waals surface area contributed by atoms with E-state index in [0.29, 0.717) is 11.1 Å². The third-order valence-corrected chi connectivity index (χ3v) is 3.46. The van der Waals surface area contributed by atoms with E-state index in [2.05, 4.69) is 11.4 Å². The fourth-order valence-electron chi connectivity index (χ4n) is 2.19. The quantitative estimate of drug-likeness (QED) is 0.772. The molecule has 0 aliphatic carbocycles. The van der Waals surface area contributed by atoms with Gasteiger partial charge in [-0.15, -0.1) is 0 Å². The molecule has 1 saturated heterocycles. The van der Waals surface area contributed by atoms with Gasteiger partial charge in [-0.3, -0.25) is 0 Å². The number of rotatable bonds is 1. The fourth-order valence-corrected chi connectivity index (χ4v) is 2.19. The number of nitriles is 1. The number of halogens is 1. The fraction of sp³-hybridized carbons (Fsp3) is 0.357. The number of epoxide rings is 1. The summed E-state index contributed by atoms with van der Waals surface area (Å²) in [6.45, 7) is 3.56. The van der Waals surface area contributed by atoms with Gasteiger partial charge < -0.3 is 10.1 Å². The Morgan fingerprint density at radius 1 is 1.44 bits per heavy atom. The van der Waals surface area contributed by atoms with Gasteiger partial charge in [-0.2, -0.15) is 5.26 Å². The van der Waals surface area contributed by atoms with E-state index in [1.165, 1.54) is 6.07 Å². The molecule has 2 heterocycles. The number of ether oxygens (including phenoxy) is 1. The molecule has 1 aromatic rings. The number of hydrogen-bond acceptors (Lipinski definition) is 3. The lowest BCUT2D eigenvalue weighted by molar-refractivity contribution is 0.357. The van der Waals surface area contributed by atoms with Gasteiger partial charge in [0.2, 0.25) is 0 Å². The molecule has 18 heavy (non-hydrogen) atoms. The van der Waals surface area contributed by atoms with Crippen LogP contribution in [0, 0.1) is 17.1 Å². The summed E-state index contributed by atoms with van der Waals surface area (Å²) in [7, 11) is 0. The molecule has 0 spiro atoms. The number of hydrogen-bond donors (Lipinski definition) is 1. The highest BCUT2D eigenvalue weighted by Gasteiger charge is 2.44. The average molecular weight is 244 g/mol. The largest absolute Gasteiger partial charge is 0.364 e. The molecule has 2 atom stereocenters. The maximum atomic E-state index is 14.2. The summed E-state index contributed by atoms with van der Waals surface area (Å²) in [5, 5.41) is 12.2. The highest BCUT2D eigenvalue weighted by molar-refractivity contribution is 5.59. The predicted octanol–water partition coefficient (Wildman–Crippen LogP) is 2.60. The van der Waals surface area contributed by atoms with Crippen molar-refractivity contribution < 1.29 is 9.13 Å². The van der Waals surface area contributed by atoms with Crippen LogP contribution in [0.1, 0.15) is 36.6 Å². The average Bonchev–Trinajstić information content (AvgIpc) is 3.07. The van der Waals surface area contributed by atoms with Gasteiger partial charge in [0.15, 0.2) is 6.23 Å². The van der Waals surface area contributed by atoms with Crippen LogP contribution in [-0.4, -0.2) is 6.23 Å². The summed E-state index contributed by atoms with van der Waals surface area (Å²) in [6, 6.07) is 5.50. The lowest BCUT2D eigenvalue weighted by Gasteiger charge is -2.18. The number of nitrogens with zero attached hydrogens (tertiary/aromatic N) is 1. The molecule has 1 aromatic carbocycles. The van der Waals surface area contributed by atoms with Crippen molar-refractivity contribution in [3.8, 4) is 6.07 Å². The molecule has 92 valence electrons. The summed E-state index contributed by atoms with van der Waals surface area (Å²) in [5.74, 6) is -0.299. The Balaban J connectivity index is 2.16. The molecule has 4 heteroatoms. The summed E-state index contributed by atoms with van der Waals surface area (Å²) < 4.78 is 19.6. The Hall–Kier alpha value is -1.86. The van der Waals surface area contributed by atoms with Gasteiger partial charge in [0.05, 0.1) is 11.5 Å². The second-order valence-corrected chi connectivity index (χ2v) is 5.18. The standard InChI is InChI=1S/C14H13FN2O/c1-14(2,7-16)9-5-8-3-4-17-13-12(18-13)11(8)10(15)6-9/h3-6,12-13,17H,1-2H3. The van der Waals surface area contributed by atoms with E-state index in [-0.39, 0.29) is 18.1 Å². The molecule has 3 rings (SSSR count). The van der Waals surface area contributed by atoms with Gasteiger partial charge in [0.25, 0.3) is 0 Å². The predicted molar refractivity (Wildman–Crippen MR) is 64.8 cm³/mol. The van der Waals surface area contributed by atoms with E-state index < -0.39 is 5.41 Å². The first-order valence-electron chi connectivity index (χ1n) is 5.86. The second-order valence-electron chi connectivity index (χ2n) is 5.18. The minimum absolute atomic E-state index is 0.119. The van der Waals surface area contributed by atoms with E-state index in [1.54, 1.807) is 20.0 Å². The number of nitrogens with one attached hydrogen (secondary N) is 1. The molecule has 1 N–H and O–H groups in total. The van der Waals surface area contributed by atoms with Crippen molar-refractivity contribution in [3.05, 3.63) is 40.8 Å². The summed E-state index contributed by atoms with van der Waals surface area (Å²) in [4.78, 5) is 0. The third-order valence-electron chi connectivity index (χ3n) is 3.46. The van der Waals surface area contributed by atoms with Gasteiger partial charge in [0, 0.05) is 5.56 Å². The van der Waals surface area contributed by atoms with Gasteiger partial charge in [-0.25, -0.2) is 4.39 Å². The van der Waals surface area contributed by atoms with Crippen molar-refractivity contribution in [2.24, 2.45) is 0 Å².